The molecule has 0 unspecified atom stereocenters. The average molecular weight is 465 g/mol. The van der Waals surface area contributed by atoms with Crippen molar-refractivity contribution in [1.82, 2.24) is 4.98 Å². The quantitative estimate of drug-likeness (QED) is 0.534. The van der Waals surface area contributed by atoms with E-state index in [0.717, 1.165) is 33.6 Å². The Morgan fingerprint density at radius 3 is 2.71 bits per heavy atom. The summed E-state index contributed by atoms with van der Waals surface area (Å²) in [6.45, 7) is 0. The van der Waals surface area contributed by atoms with Crippen LogP contribution in [0.1, 0.15) is 4.88 Å². The van der Waals surface area contributed by atoms with Crippen molar-refractivity contribution in [3.63, 3.8) is 0 Å². The van der Waals surface area contributed by atoms with Gasteiger partial charge in [0.15, 0.2) is 0 Å². The molecule has 0 radical (unpaired) electrons. The zero-order valence-electron chi connectivity index (χ0n) is 10.3. The van der Waals surface area contributed by atoms with E-state index < -0.39 is 5.97 Å². The summed E-state index contributed by atoms with van der Waals surface area (Å²) in [6.07, 6.45) is 0.0620. The summed E-state index contributed by atoms with van der Waals surface area (Å²) in [6, 6.07) is 5.83. The summed E-state index contributed by atoms with van der Waals surface area (Å²) in [5.41, 5.74) is 0.900. The molecule has 0 aromatic carbocycles. The number of halogens is 2. The van der Waals surface area contributed by atoms with Crippen molar-refractivity contribution in [2.75, 3.05) is 0 Å². The molecule has 108 valence electrons. The maximum atomic E-state index is 10.7. The number of thiazole rings is 1. The molecule has 0 bridgehead atoms. The van der Waals surface area contributed by atoms with E-state index >= 15 is 0 Å². The summed E-state index contributed by atoms with van der Waals surface area (Å²) in [5, 5.41) is 11.8. The lowest BCUT2D eigenvalue weighted by atomic mass is 10.3. The Bertz CT molecular complexity index is 787. The van der Waals surface area contributed by atoms with E-state index in [4.69, 9.17) is 5.11 Å². The molecule has 0 aliphatic rings. The highest BCUT2D eigenvalue weighted by Crippen LogP contribution is 2.40. The van der Waals surface area contributed by atoms with Gasteiger partial charge in [0.05, 0.1) is 25.7 Å². The number of hydrogen-bond donors (Lipinski definition) is 1. The minimum Gasteiger partial charge on any atom is -0.481 e. The second-order valence-corrected chi connectivity index (χ2v) is 9.36. The summed E-state index contributed by atoms with van der Waals surface area (Å²) in [4.78, 5) is 18.3. The second-order valence-electron chi connectivity index (χ2n) is 4.11. The van der Waals surface area contributed by atoms with Crippen molar-refractivity contribution in [2.24, 2.45) is 0 Å². The van der Waals surface area contributed by atoms with Crippen LogP contribution < -0.4 is 0 Å². The van der Waals surface area contributed by atoms with Crippen molar-refractivity contribution in [2.45, 2.75) is 6.42 Å². The van der Waals surface area contributed by atoms with Gasteiger partial charge in [-0.05, 0) is 50.1 Å². The highest BCUT2D eigenvalue weighted by atomic mass is 79.9. The Morgan fingerprint density at radius 1 is 1.24 bits per heavy atom. The third-order valence-corrected chi connectivity index (χ3v) is 7.98. The van der Waals surface area contributed by atoms with Crippen LogP contribution in [0.4, 0.5) is 0 Å². The fourth-order valence-electron chi connectivity index (χ4n) is 1.71. The average Bonchev–Trinajstić information content (AvgIpc) is 3.10. The van der Waals surface area contributed by atoms with Crippen LogP contribution in [0, 0.1) is 0 Å². The van der Waals surface area contributed by atoms with Crippen LogP contribution in [0.25, 0.3) is 20.5 Å². The SMILES string of the molecule is O=C(O)Cc1ccc(-c2csc(-c3cc(Br)c(Br)s3)n2)s1. The van der Waals surface area contributed by atoms with Crippen LogP contribution in [0.15, 0.2) is 31.8 Å². The molecule has 3 nitrogen and oxygen atoms in total. The number of aromatic nitrogens is 1. The summed E-state index contributed by atoms with van der Waals surface area (Å²) in [5.74, 6) is -0.810. The van der Waals surface area contributed by atoms with Gasteiger partial charge in [0, 0.05) is 14.7 Å². The molecule has 0 aliphatic heterocycles. The Hall–Kier alpha value is -0.540. The van der Waals surface area contributed by atoms with Gasteiger partial charge < -0.3 is 5.11 Å². The number of aliphatic carboxylic acids is 1. The molecule has 0 atom stereocenters. The standard InChI is InChI=1S/C13H7Br2NO2S3/c14-7-4-10(21-12(7)15)13-16-8(5-19-13)9-2-1-6(20-9)3-11(17)18/h1-2,4-5H,3H2,(H,17,18). The number of nitrogens with zero attached hydrogens (tertiary/aromatic N) is 1. The summed E-state index contributed by atoms with van der Waals surface area (Å²) < 4.78 is 2.08. The topological polar surface area (TPSA) is 50.2 Å². The molecule has 1 N–H and O–H groups in total. The van der Waals surface area contributed by atoms with E-state index in [1.807, 2.05) is 23.6 Å². The molecule has 8 heteroatoms. The van der Waals surface area contributed by atoms with E-state index in [1.165, 1.54) is 11.3 Å². The molecule has 0 amide bonds. The first-order valence-electron chi connectivity index (χ1n) is 5.74. The Balaban J connectivity index is 1.87. The zero-order valence-corrected chi connectivity index (χ0v) is 15.9. The Kier molecular flexibility index (Phi) is 4.60. The molecular weight excluding hydrogens is 458 g/mol. The normalized spacial score (nSPS) is 11.0. The summed E-state index contributed by atoms with van der Waals surface area (Å²) in [7, 11) is 0. The number of hydrogen-bond acceptors (Lipinski definition) is 5. The minimum absolute atomic E-state index is 0.0620. The fourth-order valence-corrected chi connectivity index (χ4v) is 5.66. The first-order valence-corrected chi connectivity index (χ1v) is 9.84. The number of carboxylic acid groups (broad SMARTS) is 1. The van der Waals surface area contributed by atoms with E-state index in [0.29, 0.717) is 0 Å². The number of rotatable bonds is 4. The van der Waals surface area contributed by atoms with Crippen LogP contribution in [0.3, 0.4) is 0 Å². The maximum Gasteiger partial charge on any atom is 0.308 e. The maximum absolute atomic E-state index is 10.7. The predicted octanol–water partition coefficient (Wildman–Crippen LogP) is 5.75. The first-order chi connectivity index (χ1) is 10.0. The van der Waals surface area contributed by atoms with Crippen molar-refractivity contribution in [3.8, 4) is 20.5 Å². The molecule has 3 heterocycles. The number of thiophene rings is 2. The van der Waals surface area contributed by atoms with Crippen LogP contribution >= 0.6 is 65.9 Å². The molecule has 0 saturated heterocycles. The smallest absolute Gasteiger partial charge is 0.308 e. The summed E-state index contributed by atoms with van der Waals surface area (Å²) >= 11 is 11.7. The zero-order chi connectivity index (χ0) is 15.0. The lowest BCUT2D eigenvalue weighted by Crippen LogP contribution is -1.96. The highest BCUT2D eigenvalue weighted by Gasteiger charge is 2.13. The van der Waals surface area contributed by atoms with Crippen LogP contribution in [0.5, 0.6) is 0 Å². The predicted molar refractivity (Wildman–Crippen MR) is 95.5 cm³/mol. The molecule has 3 rings (SSSR count). The number of carbonyl (C=O) groups is 1. The molecule has 3 aromatic heterocycles. The molecule has 21 heavy (non-hydrogen) atoms. The van der Waals surface area contributed by atoms with Crippen molar-refractivity contribution in [1.29, 1.82) is 0 Å². The Morgan fingerprint density at radius 2 is 2.05 bits per heavy atom. The largest absolute Gasteiger partial charge is 0.481 e. The van der Waals surface area contributed by atoms with Crippen molar-refractivity contribution >= 4 is 71.8 Å². The monoisotopic (exact) mass is 463 g/mol. The van der Waals surface area contributed by atoms with Gasteiger partial charge >= 0.3 is 5.97 Å². The molecule has 0 saturated carbocycles. The second kappa shape index (κ2) is 6.29. The first kappa shape index (κ1) is 15.4. The van der Waals surface area contributed by atoms with Gasteiger partial charge in [-0.3, -0.25) is 4.79 Å². The Labute approximate surface area is 149 Å². The van der Waals surface area contributed by atoms with Crippen LogP contribution in [-0.2, 0) is 11.2 Å². The van der Waals surface area contributed by atoms with Crippen LogP contribution in [0.2, 0.25) is 0 Å². The van der Waals surface area contributed by atoms with Crippen molar-refractivity contribution < 1.29 is 9.90 Å². The fraction of sp³-hybridized carbons (Fsp3) is 0.0769. The van der Waals surface area contributed by atoms with E-state index in [2.05, 4.69) is 36.8 Å². The van der Waals surface area contributed by atoms with Gasteiger partial charge in [-0.2, -0.15) is 0 Å². The molecule has 3 aromatic rings. The van der Waals surface area contributed by atoms with Gasteiger partial charge in [-0.1, -0.05) is 0 Å². The third-order valence-electron chi connectivity index (χ3n) is 2.60. The van der Waals surface area contributed by atoms with E-state index in [-0.39, 0.29) is 6.42 Å². The van der Waals surface area contributed by atoms with Gasteiger partial charge in [0.1, 0.15) is 5.01 Å². The third kappa shape index (κ3) is 3.45. The molecular formula is C13H7Br2NO2S3. The number of carboxylic acids is 1. The lowest BCUT2D eigenvalue weighted by molar-refractivity contribution is -0.136. The molecule has 0 spiro atoms. The van der Waals surface area contributed by atoms with Crippen molar-refractivity contribution in [3.05, 3.63) is 36.7 Å². The van der Waals surface area contributed by atoms with Gasteiger partial charge in [0.2, 0.25) is 0 Å². The van der Waals surface area contributed by atoms with Crippen LogP contribution in [-0.4, -0.2) is 16.1 Å². The van der Waals surface area contributed by atoms with Gasteiger partial charge in [-0.25, -0.2) is 4.98 Å². The van der Waals surface area contributed by atoms with Gasteiger partial charge in [-0.15, -0.1) is 34.0 Å². The molecule has 0 fully saturated rings. The van der Waals surface area contributed by atoms with E-state index in [9.17, 15) is 4.79 Å². The highest BCUT2D eigenvalue weighted by molar-refractivity contribution is 9.13. The minimum atomic E-state index is -0.810. The lowest BCUT2D eigenvalue weighted by Gasteiger charge is -1.90. The van der Waals surface area contributed by atoms with Gasteiger partial charge in [0.25, 0.3) is 0 Å². The molecule has 0 aliphatic carbocycles. The van der Waals surface area contributed by atoms with E-state index in [1.54, 1.807) is 22.7 Å².